The first kappa shape index (κ1) is 31.8. The molecule has 13 nitrogen and oxygen atoms in total. The summed E-state index contributed by atoms with van der Waals surface area (Å²) in [5.41, 5.74) is -0.0202. The van der Waals surface area contributed by atoms with E-state index in [9.17, 15) is 44.3 Å². The maximum absolute atomic E-state index is 12.7. The van der Waals surface area contributed by atoms with Crippen molar-refractivity contribution in [3.8, 4) is 0 Å². The van der Waals surface area contributed by atoms with Gasteiger partial charge in [0.05, 0.1) is 43.7 Å². The van der Waals surface area contributed by atoms with Crippen LogP contribution in [0.3, 0.4) is 0 Å². The lowest BCUT2D eigenvalue weighted by Crippen LogP contribution is -2.55. The van der Waals surface area contributed by atoms with Gasteiger partial charge in [-0.15, -0.1) is 0 Å². The molecule has 1 aromatic carbocycles. The van der Waals surface area contributed by atoms with Gasteiger partial charge in [-0.1, -0.05) is 29.8 Å². The Labute approximate surface area is 221 Å². The molecule has 1 aromatic rings. The fourth-order valence-corrected chi connectivity index (χ4v) is 5.27. The van der Waals surface area contributed by atoms with E-state index in [1.807, 2.05) is 31.2 Å². The molecule has 0 spiro atoms. The molecule has 1 heterocycles. The molecule has 0 aromatic heterocycles. The molecule has 1 aliphatic rings. The number of carboxylic acids is 1. The average molecular weight is 560 g/mol. The third-order valence-corrected chi connectivity index (χ3v) is 7.88. The number of hydrogen-bond acceptors (Lipinski definition) is 9. The largest absolute Gasteiger partial charge is 0.479 e. The summed E-state index contributed by atoms with van der Waals surface area (Å²) in [6, 6.07) is 5.73. The predicted octanol–water partition coefficient (Wildman–Crippen LogP) is -1.01. The molecule has 6 atom stereocenters. The Bertz CT molecular complexity index is 1020. The third kappa shape index (κ3) is 8.84. The summed E-state index contributed by atoms with van der Waals surface area (Å²) < 4.78 is 17.8. The van der Waals surface area contributed by atoms with Crippen LogP contribution >= 0.6 is 7.60 Å². The number of aliphatic hydroxyl groups excluding tert-OH is 3. The second-order valence-electron chi connectivity index (χ2n) is 9.78. The Balaban J connectivity index is 1.98. The topological polar surface area (TPSA) is 206 Å². The molecular formula is C24H38N3O10P. The smallest absolute Gasteiger partial charge is 0.331 e. The van der Waals surface area contributed by atoms with Gasteiger partial charge in [-0.3, -0.25) is 19.1 Å². The van der Waals surface area contributed by atoms with Gasteiger partial charge in [-0.05, 0) is 25.8 Å². The molecule has 7 N–H and O–H groups in total. The lowest BCUT2D eigenvalue weighted by atomic mass is 10.0. The lowest BCUT2D eigenvalue weighted by molar-refractivity contribution is -0.148. The highest BCUT2D eigenvalue weighted by Crippen LogP contribution is 2.43. The number of rotatable bonds is 14. The number of benzene rings is 1. The summed E-state index contributed by atoms with van der Waals surface area (Å²) in [4.78, 5) is 47.4. The first-order chi connectivity index (χ1) is 17.7. The van der Waals surface area contributed by atoms with Crippen LogP contribution in [0.1, 0.15) is 31.4 Å². The maximum Gasteiger partial charge on any atom is 0.331 e. The minimum absolute atomic E-state index is 0.000560. The third-order valence-electron chi connectivity index (χ3n) is 6.58. The summed E-state index contributed by atoms with van der Waals surface area (Å²) in [6.45, 7) is 2.71. The summed E-state index contributed by atoms with van der Waals surface area (Å²) in [6.07, 6.45) is -2.84. The molecule has 214 valence electrons. The molecule has 0 bridgehead atoms. The summed E-state index contributed by atoms with van der Waals surface area (Å²) in [5.74, 6) is -2.41. The Morgan fingerprint density at radius 1 is 1.13 bits per heavy atom. The molecule has 2 rings (SSSR count). The van der Waals surface area contributed by atoms with Crippen LogP contribution in [0.2, 0.25) is 0 Å². The minimum atomic E-state index is -4.42. The van der Waals surface area contributed by atoms with Crippen molar-refractivity contribution in [2.24, 2.45) is 0 Å². The van der Waals surface area contributed by atoms with Crippen LogP contribution in [0.4, 0.5) is 0 Å². The number of amides is 2. The maximum atomic E-state index is 12.7. The summed E-state index contributed by atoms with van der Waals surface area (Å²) >= 11 is 0. The molecule has 0 aliphatic carbocycles. The molecule has 2 amide bonds. The number of aryl methyl sites for hydroxylation is 2. The zero-order valence-electron chi connectivity index (χ0n) is 21.7. The van der Waals surface area contributed by atoms with Crippen LogP contribution in [0, 0.1) is 6.92 Å². The number of nitrogens with one attached hydrogen (secondary N) is 2. The second kappa shape index (κ2) is 13.6. The van der Waals surface area contributed by atoms with E-state index in [2.05, 4.69) is 10.6 Å². The van der Waals surface area contributed by atoms with E-state index in [1.165, 1.54) is 11.8 Å². The molecule has 1 saturated heterocycles. The number of carboxylic acid groups (broad SMARTS) is 1. The van der Waals surface area contributed by atoms with Crippen molar-refractivity contribution in [1.29, 1.82) is 0 Å². The normalized spacial score (nSPS) is 24.8. The predicted molar refractivity (Wildman–Crippen MR) is 136 cm³/mol. The van der Waals surface area contributed by atoms with Crippen molar-refractivity contribution in [3.63, 3.8) is 0 Å². The van der Waals surface area contributed by atoms with E-state index in [-0.39, 0.29) is 25.4 Å². The Hall–Kier alpha value is -2.38. The number of carbonyl (C=O) groups is 3. The molecule has 1 aliphatic heterocycles. The van der Waals surface area contributed by atoms with E-state index >= 15 is 0 Å². The monoisotopic (exact) mass is 559 g/mol. The number of carbonyl (C=O) groups excluding carboxylic acids is 2. The molecule has 2 unspecified atom stereocenters. The zero-order chi connectivity index (χ0) is 28.7. The average Bonchev–Trinajstić information content (AvgIpc) is 3.08. The van der Waals surface area contributed by atoms with Crippen LogP contribution in [0.5, 0.6) is 0 Å². The minimum Gasteiger partial charge on any atom is -0.479 e. The first-order valence-corrected chi connectivity index (χ1v) is 14.0. The first-order valence-electron chi connectivity index (χ1n) is 12.2. The standard InChI is InChI=1S/C24H38N3O10P/c1-15-4-6-17(7-5-15)8-9-20(30)26-24(3,23(33)34)14-37-38(35,36)11-10-27-18(12-25-16(2)29)21(31)22(32)19(27)13-28/h4-7,18-19,21-22,28,31-32H,8-14H2,1-3H3,(H,25,29)(H,26,30)(H,33,34)(H,35,36)/t18-,19-,21-,22-,24?/m1/s1. The second-order valence-corrected chi connectivity index (χ2v) is 11.8. The number of likely N-dealkylation sites (tertiary alicyclic amines) is 1. The highest BCUT2D eigenvalue weighted by atomic mass is 31.2. The van der Waals surface area contributed by atoms with Gasteiger partial charge < -0.3 is 40.5 Å². The van der Waals surface area contributed by atoms with Crippen LogP contribution in [0.25, 0.3) is 0 Å². The van der Waals surface area contributed by atoms with Crippen LogP contribution in [-0.4, -0.2) is 110 Å². The Kier molecular flexibility index (Phi) is 11.4. The fraction of sp³-hybridized carbons (Fsp3) is 0.625. The van der Waals surface area contributed by atoms with Crippen molar-refractivity contribution in [2.75, 3.05) is 32.5 Å². The van der Waals surface area contributed by atoms with Gasteiger partial charge in [0.1, 0.15) is 0 Å². The van der Waals surface area contributed by atoms with E-state index in [0.29, 0.717) is 6.42 Å². The van der Waals surface area contributed by atoms with E-state index in [0.717, 1.165) is 18.1 Å². The van der Waals surface area contributed by atoms with Crippen molar-refractivity contribution < 1.29 is 48.8 Å². The zero-order valence-corrected chi connectivity index (χ0v) is 22.6. The van der Waals surface area contributed by atoms with Crippen LogP contribution in [0.15, 0.2) is 24.3 Å². The van der Waals surface area contributed by atoms with Gasteiger partial charge in [-0.25, -0.2) is 4.79 Å². The quantitative estimate of drug-likeness (QED) is 0.138. The van der Waals surface area contributed by atoms with Gasteiger partial charge in [0, 0.05) is 26.4 Å². The van der Waals surface area contributed by atoms with Gasteiger partial charge >= 0.3 is 13.6 Å². The van der Waals surface area contributed by atoms with E-state index in [1.54, 1.807) is 0 Å². The number of aliphatic hydroxyl groups is 3. The van der Waals surface area contributed by atoms with Gasteiger partial charge in [0.25, 0.3) is 0 Å². The molecule has 14 heteroatoms. The lowest BCUT2D eigenvalue weighted by Gasteiger charge is -2.31. The Morgan fingerprint density at radius 2 is 1.74 bits per heavy atom. The van der Waals surface area contributed by atoms with E-state index in [4.69, 9.17) is 4.52 Å². The van der Waals surface area contributed by atoms with Crippen molar-refractivity contribution in [3.05, 3.63) is 35.4 Å². The molecule has 0 radical (unpaired) electrons. The molecule has 1 fully saturated rings. The molecular weight excluding hydrogens is 521 g/mol. The molecule has 38 heavy (non-hydrogen) atoms. The highest BCUT2D eigenvalue weighted by molar-refractivity contribution is 7.52. The Morgan fingerprint density at radius 3 is 2.29 bits per heavy atom. The van der Waals surface area contributed by atoms with Crippen molar-refractivity contribution >= 4 is 25.4 Å². The van der Waals surface area contributed by atoms with Crippen LogP contribution in [-0.2, 0) is 29.9 Å². The van der Waals surface area contributed by atoms with Crippen molar-refractivity contribution in [1.82, 2.24) is 15.5 Å². The fourth-order valence-electron chi connectivity index (χ4n) is 4.19. The summed E-state index contributed by atoms with van der Waals surface area (Å²) in [7, 11) is -4.42. The van der Waals surface area contributed by atoms with Crippen LogP contribution < -0.4 is 10.6 Å². The molecule has 0 saturated carbocycles. The van der Waals surface area contributed by atoms with Gasteiger partial charge in [0.15, 0.2) is 5.54 Å². The SMILES string of the molecule is CC(=O)NC[C@@H]1[C@@H](O)[C@H](O)[C@@H](CO)N1CCP(=O)(O)OCC(C)(NC(=O)CCc1ccc(C)cc1)C(=O)O. The number of nitrogens with zero attached hydrogens (tertiary/aromatic N) is 1. The van der Waals surface area contributed by atoms with Crippen molar-refractivity contribution in [2.45, 2.75) is 63.4 Å². The number of aliphatic carboxylic acids is 1. The highest BCUT2D eigenvalue weighted by Gasteiger charge is 2.47. The van der Waals surface area contributed by atoms with Gasteiger partial charge in [-0.2, -0.15) is 0 Å². The number of hydrogen-bond donors (Lipinski definition) is 7. The van der Waals surface area contributed by atoms with Gasteiger partial charge in [0.2, 0.25) is 11.8 Å². The summed E-state index contributed by atoms with van der Waals surface area (Å²) in [5, 5.41) is 44.8. The van der Waals surface area contributed by atoms with E-state index < -0.39 is 68.7 Å².